The minimum Gasteiger partial charge on any atom is -0.355 e. The number of nitrogens with one attached hydrogen (secondary N) is 1. The Labute approximate surface area is 212 Å². The maximum atomic E-state index is 13.0. The molecule has 0 spiro atoms. The van der Waals surface area contributed by atoms with Crippen molar-refractivity contribution in [2.75, 3.05) is 4.72 Å². The van der Waals surface area contributed by atoms with Crippen molar-refractivity contribution in [2.45, 2.75) is 4.21 Å². The van der Waals surface area contributed by atoms with Crippen LogP contribution in [0.1, 0.15) is 5.56 Å². The number of pyridine rings is 1. The summed E-state index contributed by atoms with van der Waals surface area (Å²) < 4.78 is 33.8. The average molecular weight is 516 g/mol. The van der Waals surface area contributed by atoms with Crippen molar-refractivity contribution in [2.24, 2.45) is 9.98 Å². The van der Waals surface area contributed by atoms with Gasteiger partial charge in [0.15, 0.2) is 5.76 Å². The van der Waals surface area contributed by atoms with Crippen LogP contribution in [0.4, 0.5) is 11.4 Å². The lowest BCUT2D eigenvalue weighted by molar-refractivity contribution is 0.433. The van der Waals surface area contributed by atoms with E-state index in [1.54, 1.807) is 36.5 Å². The highest BCUT2D eigenvalue weighted by Crippen LogP contribution is 2.35. The molecule has 0 aliphatic rings. The average Bonchev–Trinajstić information content (AvgIpc) is 3.59. The molecule has 8 nitrogen and oxygen atoms in total. The maximum Gasteiger partial charge on any atom is 0.271 e. The minimum atomic E-state index is -3.84. The van der Waals surface area contributed by atoms with E-state index in [9.17, 15) is 8.42 Å². The van der Waals surface area contributed by atoms with Gasteiger partial charge in [0.25, 0.3) is 10.0 Å². The monoisotopic (exact) mass is 515 g/mol. The van der Waals surface area contributed by atoms with Gasteiger partial charge in [-0.15, -0.1) is 11.3 Å². The molecule has 36 heavy (non-hydrogen) atoms. The number of hydrogen-bond donors (Lipinski definition) is 1. The number of anilines is 1. The van der Waals surface area contributed by atoms with E-state index in [1.165, 1.54) is 24.7 Å². The summed E-state index contributed by atoms with van der Waals surface area (Å²) in [6, 6.07) is 12.1. The van der Waals surface area contributed by atoms with Crippen LogP contribution in [0.25, 0.3) is 27.3 Å². The Balaban J connectivity index is 1.62. The standard InChI is InChI=1S/C26H21N5O3S2/c1-17(9-11-27-3)18(2)22-14-19(5-6-23(22)28-4)20-13-21(16-29-15-20)31-36(32,33)26-8-7-25(35-26)24-10-12-30-34-24/h5-16,31H,1-4H2/b11-9-. The smallest absolute Gasteiger partial charge is 0.271 e. The van der Waals surface area contributed by atoms with Crippen molar-refractivity contribution in [3.8, 4) is 21.8 Å². The van der Waals surface area contributed by atoms with Gasteiger partial charge >= 0.3 is 0 Å². The summed E-state index contributed by atoms with van der Waals surface area (Å²) in [5.41, 5.74) is 4.45. The van der Waals surface area contributed by atoms with Crippen molar-refractivity contribution in [3.05, 3.63) is 97.6 Å². The van der Waals surface area contributed by atoms with Gasteiger partial charge in [0.05, 0.1) is 28.6 Å². The third-order valence-corrected chi connectivity index (χ3v) is 8.08. The molecule has 0 radical (unpaired) electrons. The van der Waals surface area contributed by atoms with Crippen LogP contribution < -0.4 is 4.72 Å². The zero-order valence-corrected chi connectivity index (χ0v) is 20.7. The van der Waals surface area contributed by atoms with E-state index < -0.39 is 10.0 Å². The van der Waals surface area contributed by atoms with Crippen LogP contribution in [0.2, 0.25) is 0 Å². The highest BCUT2D eigenvalue weighted by Gasteiger charge is 2.19. The van der Waals surface area contributed by atoms with Crippen LogP contribution in [-0.2, 0) is 10.0 Å². The second kappa shape index (κ2) is 10.5. The largest absolute Gasteiger partial charge is 0.355 e. The van der Waals surface area contributed by atoms with Crippen molar-refractivity contribution in [1.82, 2.24) is 10.1 Å². The highest BCUT2D eigenvalue weighted by atomic mass is 32.2. The highest BCUT2D eigenvalue weighted by molar-refractivity contribution is 7.94. The summed E-state index contributed by atoms with van der Waals surface area (Å²) in [6.45, 7) is 15.2. The summed E-state index contributed by atoms with van der Waals surface area (Å²) >= 11 is 1.08. The van der Waals surface area contributed by atoms with E-state index in [0.717, 1.165) is 22.5 Å². The van der Waals surface area contributed by atoms with Crippen molar-refractivity contribution in [3.63, 3.8) is 0 Å². The number of rotatable bonds is 10. The topological polar surface area (TPSA) is 110 Å². The molecule has 0 atom stereocenters. The number of benzene rings is 1. The van der Waals surface area contributed by atoms with Gasteiger partial charge in [-0.3, -0.25) is 19.7 Å². The quantitative estimate of drug-likeness (QED) is 0.195. The Morgan fingerprint density at radius 2 is 1.89 bits per heavy atom. The molecule has 10 heteroatoms. The van der Waals surface area contributed by atoms with Gasteiger partial charge in [0.2, 0.25) is 0 Å². The first-order valence-corrected chi connectivity index (χ1v) is 12.7. The SMILES string of the molecule is C=N/C=C\C(=C)C(=C)c1cc(-c2cncc(NS(=O)(=O)c3ccc(-c4ccno4)s3)c2)ccc1N=C. The summed E-state index contributed by atoms with van der Waals surface area (Å²) in [5.74, 6) is 0.499. The number of thiophene rings is 1. The fraction of sp³-hybridized carbons (Fsp3) is 0. The Bertz CT molecular complexity index is 1600. The van der Waals surface area contributed by atoms with E-state index in [0.29, 0.717) is 38.7 Å². The molecule has 0 aliphatic heterocycles. The number of sulfonamides is 1. The first-order valence-electron chi connectivity index (χ1n) is 10.4. The summed E-state index contributed by atoms with van der Waals surface area (Å²) in [7, 11) is -3.84. The molecular weight excluding hydrogens is 494 g/mol. The lowest BCUT2D eigenvalue weighted by Crippen LogP contribution is -2.11. The van der Waals surface area contributed by atoms with E-state index >= 15 is 0 Å². The summed E-state index contributed by atoms with van der Waals surface area (Å²) in [4.78, 5) is 12.7. The zero-order valence-electron chi connectivity index (χ0n) is 19.1. The van der Waals surface area contributed by atoms with Gasteiger partial charge in [-0.2, -0.15) is 0 Å². The molecule has 0 fully saturated rings. The first kappa shape index (κ1) is 24.7. The summed E-state index contributed by atoms with van der Waals surface area (Å²) in [6.07, 6.45) is 7.82. The van der Waals surface area contributed by atoms with Gasteiger partial charge in [-0.25, -0.2) is 8.42 Å². The molecule has 4 aromatic rings. The minimum absolute atomic E-state index is 0.139. The molecule has 1 aromatic carbocycles. The molecule has 0 bridgehead atoms. The van der Waals surface area contributed by atoms with E-state index in [4.69, 9.17) is 4.52 Å². The van der Waals surface area contributed by atoms with Crippen LogP contribution >= 0.6 is 11.3 Å². The lowest BCUT2D eigenvalue weighted by atomic mass is 9.95. The fourth-order valence-corrected chi connectivity index (χ4v) is 5.61. The zero-order chi connectivity index (χ0) is 25.7. The Morgan fingerprint density at radius 3 is 2.61 bits per heavy atom. The molecule has 4 rings (SSSR count). The van der Waals surface area contributed by atoms with Crippen LogP contribution in [0.15, 0.2) is 111 Å². The number of aliphatic imine (C=N–C) groups is 2. The van der Waals surface area contributed by atoms with Gasteiger partial charge in [-0.1, -0.05) is 24.4 Å². The van der Waals surface area contributed by atoms with Gasteiger partial charge in [0, 0.05) is 29.6 Å². The predicted molar refractivity (Wildman–Crippen MR) is 146 cm³/mol. The van der Waals surface area contributed by atoms with E-state index in [-0.39, 0.29) is 4.21 Å². The predicted octanol–water partition coefficient (Wildman–Crippen LogP) is 6.38. The van der Waals surface area contributed by atoms with Crippen LogP contribution in [-0.4, -0.2) is 32.0 Å². The molecular formula is C26H21N5O3S2. The van der Waals surface area contributed by atoms with E-state index in [1.807, 2.05) is 12.1 Å². The molecule has 0 unspecified atom stereocenters. The van der Waals surface area contributed by atoms with Crippen LogP contribution in [0, 0.1) is 0 Å². The second-order valence-corrected chi connectivity index (χ2v) is 10.4. The Kier molecular flexibility index (Phi) is 7.18. The number of hydrogen-bond acceptors (Lipinski definition) is 8. The van der Waals surface area contributed by atoms with Crippen LogP contribution in [0.5, 0.6) is 0 Å². The fourth-order valence-electron chi connectivity index (χ4n) is 3.31. The van der Waals surface area contributed by atoms with Crippen molar-refractivity contribution >= 4 is 51.7 Å². The molecule has 0 saturated heterocycles. The number of nitrogens with zero attached hydrogens (tertiary/aromatic N) is 4. The van der Waals surface area contributed by atoms with Crippen LogP contribution in [0.3, 0.4) is 0 Å². The molecule has 0 aliphatic carbocycles. The molecule has 3 aromatic heterocycles. The molecule has 0 saturated carbocycles. The Morgan fingerprint density at radius 1 is 1.06 bits per heavy atom. The van der Waals surface area contributed by atoms with Crippen molar-refractivity contribution < 1.29 is 12.9 Å². The van der Waals surface area contributed by atoms with Gasteiger partial charge in [0.1, 0.15) is 4.21 Å². The molecule has 1 N–H and O–H groups in total. The van der Waals surface area contributed by atoms with Crippen molar-refractivity contribution in [1.29, 1.82) is 0 Å². The Hall–Kier alpha value is -4.41. The molecule has 180 valence electrons. The third kappa shape index (κ3) is 5.29. The number of allylic oxidation sites excluding steroid dienone is 3. The summed E-state index contributed by atoms with van der Waals surface area (Å²) in [5, 5.41) is 3.66. The molecule has 0 amide bonds. The lowest BCUT2D eigenvalue weighted by Gasteiger charge is -2.13. The maximum absolute atomic E-state index is 13.0. The first-order chi connectivity index (χ1) is 17.3. The second-order valence-electron chi connectivity index (χ2n) is 7.46. The molecule has 3 heterocycles. The van der Waals surface area contributed by atoms with E-state index in [2.05, 4.69) is 51.4 Å². The normalized spacial score (nSPS) is 11.3. The van der Waals surface area contributed by atoms with Gasteiger partial charge in [-0.05, 0) is 66.6 Å². The number of aromatic nitrogens is 2. The third-order valence-electron chi connectivity index (χ3n) is 5.11. The van der Waals surface area contributed by atoms with Gasteiger partial charge < -0.3 is 4.52 Å².